The summed E-state index contributed by atoms with van der Waals surface area (Å²) in [4.78, 5) is 16.0. The number of nitrogens with zero attached hydrogens (tertiary/aromatic N) is 2. The Morgan fingerprint density at radius 3 is 2.59 bits per heavy atom. The van der Waals surface area contributed by atoms with Crippen molar-refractivity contribution in [2.75, 3.05) is 13.1 Å². The average molecular weight is 522 g/mol. The van der Waals surface area contributed by atoms with Crippen molar-refractivity contribution in [3.63, 3.8) is 0 Å². The van der Waals surface area contributed by atoms with Crippen LogP contribution in [0.3, 0.4) is 0 Å². The van der Waals surface area contributed by atoms with Crippen molar-refractivity contribution in [3.05, 3.63) is 70.1 Å². The first-order valence-electron chi connectivity index (χ1n) is 9.24. The smallest absolute Gasteiger partial charge is 0.357 e. The molecule has 29 heavy (non-hydrogen) atoms. The Morgan fingerprint density at radius 1 is 1.10 bits per heavy atom. The molecule has 9 heteroatoms. The highest BCUT2D eigenvalue weighted by Crippen LogP contribution is 2.29. The van der Waals surface area contributed by atoms with Crippen LogP contribution in [0.4, 0.5) is 13.2 Å². The van der Waals surface area contributed by atoms with E-state index in [1.165, 1.54) is 12.1 Å². The van der Waals surface area contributed by atoms with Gasteiger partial charge in [0.2, 0.25) is 5.56 Å². The number of benzene rings is 1. The fraction of sp³-hybridized carbons (Fsp3) is 0.400. The van der Waals surface area contributed by atoms with Gasteiger partial charge in [0.05, 0.1) is 12.1 Å². The van der Waals surface area contributed by atoms with Crippen molar-refractivity contribution < 1.29 is 13.2 Å². The Hall–Kier alpha value is -2.04. The standard InChI is InChI=1S/C20H25F3N4O.HI/c1-2-24-19(25-11-4-6-13-27-12-5-3-10-18(27)28)26-15-16-8-7-9-17(14-16)20(21,22)23;/h3,5,7-10,12,14H,2,4,6,11,13,15H2,1H3,(H2,24,25,26);1H. The van der Waals surface area contributed by atoms with Gasteiger partial charge in [0, 0.05) is 31.9 Å². The highest BCUT2D eigenvalue weighted by Gasteiger charge is 2.30. The van der Waals surface area contributed by atoms with Crippen LogP contribution in [0.5, 0.6) is 0 Å². The lowest BCUT2D eigenvalue weighted by molar-refractivity contribution is -0.137. The first kappa shape index (κ1) is 25.0. The monoisotopic (exact) mass is 522 g/mol. The molecule has 2 aromatic rings. The molecule has 0 saturated heterocycles. The number of halogens is 4. The van der Waals surface area contributed by atoms with Crippen LogP contribution in [0.15, 0.2) is 58.4 Å². The van der Waals surface area contributed by atoms with E-state index >= 15 is 0 Å². The molecular formula is C20H26F3IN4O. The number of hydrogen-bond acceptors (Lipinski definition) is 2. The van der Waals surface area contributed by atoms with Gasteiger partial charge in [0.1, 0.15) is 0 Å². The van der Waals surface area contributed by atoms with E-state index in [-0.39, 0.29) is 36.1 Å². The predicted molar refractivity (Wildman–Crippen MR) is 120 cm³/mol. The summed E-state index contributed by atoms with van der Waals surface area (Å²) in [6.07, 6.45) is -0.946. The number of unbranched alkanes of at least 4 members (excludes halogenated alkanes) is 1. The third-order valence-corrected chi connectivity index (χ3v) is 4.04. The molecule has 0 saturated carbocycles. The van der Waals surface area contributed by atoms with E-state index in [1.807, 2.05) is 13.0 Å². The van der Waals surface area contributed by atoms with Gasteiger partial charge in [-0.1, -0.05) is 18.2 Å². The summed E-state index contributed by atoms with van der Waals surface area (Å²) in [6, 6.07) is 10.2. The molecule has 0 aliphatic heterocycles. The number of hydrogen-bond donors (Lipinski definition) is 2. The number of aryl methyl sites for hydroxylation is 1. The Kier molecular flexibility index (Phi) is 10.8. The van der Waals surface area contributed by atoms with Crippen LogP contribution in [0.1, 0.15) is 30.9 Å². The molecule has 2 N–H and O–H groups in total. The lowest BCUT2D eigenvalue weighted by atomic mass is 10.1. The molecule has 5 nitrogen and oxygen atoms in total. The van der Waals surface area contributed by atoms with Gasteiger partial charge in [-0.05, 0) is 43.5 Å². The van der Waals surface area contributed by atoms with Crippen LogP contribution in [-0.4, -0.2) is 23.6 Å². The topological polar surface area (TPSA) is 58.4 Å². The molecule has 160 valence electrons. The van der Waals surface area contributed by atoms with E-state index in [9.17, 15) is 18.0 Å². The van der Waals surface area contributed by atoms with Gasteiger partial charge in [-0.3, -0.25) is 4.79 Å². The quantitative estimate of drug-likeness (QED) is 0.239. The van der Waals surface area contributed by atoms with E-state index in [0.717, 1.165) is 25.0 Å². The molecule has 0 unspecified atom stereocenters. The van der Waals surface area contributed by atoms with Gasteiger partial charge in [0.25, 0.3) is 0 Å². The molecule has 0 radical (unpaired) electrons. The maximum atomic E-state index is 12.8. The molecule has 2 rings (SSSR count). The van der Waals surface area contributed by atoms with Crippen molar-refractivity contribution in [3.8, 4) is 0 Å². The number of rotatable bonds is 8. The zero-order valence-electron chi connectivity index (χ0n) is 16.2. The summed E-state index contributed by atoms with van der Waals surface area (Å²) in [5.41, 5.74) is -0.198. The van der Waals surface area contributed by atoms with Crippen LogP contribution in [0, 0.1) is 0 Å². The SMILES string of the molecule is CCNC(=NCc1cccc(C(F)(F)F)c1)NCCCCn1ccccc1=O.I. The number of aromatic nitrogens is 1. The Balaban J connectivity index is 0.00000420. The molecule has 0 bridgehead atoms. The number of aliphatic imine (C=N–C) groups is 1. The lowest BCUT2D eigenvalue weighted by Crippen LogP contribution is -2.37. The molecular weight excluding hydrogens is 496 g/mol. The molecule has 1 aromatic carbocycles. The second-order valence-electron chi connectivity index (χ2n) is 6.26. The van der Waals surface area contributed by atoms with Crippen LogP contribution >= 0.6 is 24.0 Å². The molecule has 0 spiro atoms. The van der Waals surface area contributed by atoms with Crippen molar-refractivity contribution in [1.82, 2.24) is 15.2 Å². The minimum Gasteiger partial charge on any atom is -0.357 e. The maximum Gasteiger partial charge on any atom is 0.416 e. The summed E-state index contributed by atoms with van der Waals surface area (Å²) in [5.74, 6) is 0.553. The van der Waals surface area contributed by atoms with Crippen molar-refractivity contribution >= 4 is 29.9 Å². The van der Waals surface area contributed by atoms with E-state index in [2.05, 4.69) is 15.6 Å². The number of nitrogens with one attached hydrogen (secondary N) is 2. The minimum atomic E-state index is -4.36. The van der Waals surface area contributed by atoms with Gasteiger partial charge >= 0.3 is 6.18 Å². The summed E-state index contributed by atoms with van der Waals surface area (Å²) in [7, 11) is 0. The largest absolute Gasteiger partial charge is 0.416 e. The van der Waals surface area contributed by atoms with Crippen molar-refractivity contribution in [2.45, 2.75) is 39.0 Å². The Labute approximate surface area is 185 Å². The second-order valence-corrected chi connectivity index (χ2v) is 6.26. The first-order valence-corrected chi connectivity index (χ1v) is 9.24. The number of pyridine rings is 1. The van der Waals surface area contributed by atoms with Crippen LogP contribution in [0.25, 0.3) is 0 Å². The summed E-state index contributed by atoms with van der Waals surface area (Å²) < 4.78 is 40.0. The Bertz CT molecular complexity index is 837. The fourth-order valence-corrected chi connectivity index (χ4v) is 2.62. The molecule has 0 aliphatic carbocycles. The zero-order valence-corrected chi connectivity index (χ0v) is 18.5. The fourth-order valence-electron chi connectivity index (χ4n) is 2.62. The highest BCUT2D eigenvalue weighted by molar-refractivity contribution is 14.0. The Morgan fingerprint density at radius 2 is 1.90 bits per heavy atom. The van der Waals surface area contributed by atoms with E-state index in [1.54, 1.807) is 22.9 Å². The molecule has 0 fully saturated rings. The van der Waals surface area contributed by atoms with Crippen LogP contribution < -0.4 is 16.2 Å². The molecule has 0 atom stereocenters. The van der Waals surface area contributed by atoms with Crippen LogP contribution in [0.2, 0.25) is 0 Å². The van der Waals surface area contributed by atoms with E-state index < -0.39 is 11.7 Å². The van der Waals surface area contributed by atoms with Crippen LogP contribution in [-0.2, 0) is 19.3 Å². The van der Waals surface area contributed by atoms with Gasteiger partial charge in [-0.25, -0.2) is 4.99 Å². The number of alkyl halides is 3. The molecule has 1 aromatic heterocycles. The maximum absolute atomic E-state index is 12.8. The van der Waals surface area contributed by atoms with Crippen molar-refractivity contribution in [1.29, 1.82) is 0 Å². The predicted octanol–water partition coefficient (Wildman–Crippen LogP) is 4.02. The summed E-state index contributed by atoms with van der Waals surface area (Å²) in [5, 5.41) is 6.24. The third kappa shape index (κ3) is 8.88. The minimum absolute atomic E-state index is 0. The zero-order chi connectivity index (χ0) is 20.4. The molecule has 0 aliphatic rings. The third-order valence-electron chi connectivity index (χ3n) is 4.04. The first-order chi connectivity index (χ1) is 13.4. The van der Waals surface area contributed by atoms with Crippen molar-refractivity contribution in [2.24, 2.45) is 4.99 Å². The van der Waals surface area contributed by atoms with E-state index in [0.29, 0.717) is 31.2 Å². The second kappa shape index (κ2) is 12.5. The lowest BCUT2D eigenvalue weighted by Gasteiger charge is -2.12. The van der Waals surface area contributed by atoms with Gasteiger partial charge in [-0.15, -0.1) is 24.0 Å². The highest BCUT2D eigenvalue weighted by atomic mass is 127. The molecule has 0 amide bonds. The summed E-state index contributed by atoms with van der Waals surface area (Å²) >= 11 is 0. The van der Waals surface area contributed by atoms with E-state index in [4.69, 9.17) is 0 Å². The van der Waals surface area contributed by atoms with Gasteiger partial charge in [-0.2, -0.15) is 13.2 Å². The van der Waals surface area contributed by atoms with Gasteiger partial charge < -0.3 is 15.2 Å². The summed E-state index contributed by atoms with van der Waals surface area (Å²) in [6.45, 7) is 4.01. The normalized spacial score (nSPS) is 11.7. The molecule has 1 heterocycles. The average Bonchev–Trinajstić information content (AvgIpc) is 2.66. The number of guanidine groups is 1. The van der Waals surface area contributed by atoms with Gasteiger partial charge in [0.15, 0.2) is 5.96 Å².